The number of carbonyl (C=O) groups is 1. The first-order valence-electron chi connectivity index (χ1n) is 11.3. The molecule has 11 heteroatoms. The van der Waals surface area contributed by atoms with E-state index in [0.29, 0.717) is 41.3 Å². The van der Waals surface area contributed by atoms with Crippen LogP contribution in [0.5, 0.6) is 0 Å². The van der Waals surface area contributed by atoms with E-state index in [2.05, 4.69) is 20.6 Å². The van der Waals surface area contributed by atoms with Crippen LogP contribution in [0.4, 0.5) is 23.3 Å². The number of hydrogen-bond acceptors (Lipinski definition) is 8. The lowest BCUT2D eigenvalue weighted by molar-refractivity contribution is 0.100. The molecule has 1 saturated carbocycles. The molecule has 2 heterocycles. The maximum atomic E-state index is 12.1. The molecule has 10 nitrogen and oxygen atoms in total. The number of carbonyl (C=O) groups excluding carboxylic acids is 1. The molecular formula is C24H29N7O3S. The summed E-state index contributed by atoms with van der Waals surface area (Å²) >= 11 is 0. The number of nitrogens with two attached hydrogens (primary N) is 1. The topological polar surface area (TPSA) is 143 Å². The largest absolute Gasteiger partial charge is 0.366 e. The number of rotatable bonds is 9. The predicted octanol–water partition coefficient (Wildman–Crippen LogP) is 3.30. The number of nitrogens with zero attached hydrogens (tertiary/aromatic N) is 4. The molecule has 0 atom stereocenters. The third kappa shape index (κ3) is 5.51. The summed E-state index contributed by atoms with van der Waals surface area (Å²) in [7, 11) is -1.98. The quantitative estimate of drug-likeness (QED) is 0.410. The Balaban J connectivity index is 1.62. The van der Waals surface area contributed by atoms with Gasteiger partial charge in [0, 0.05) is 48.4 Å². The SMILES string of the molecule is Cc1ccc(C(N)=O)cc1Nc1ncc(C2CCC2)c(NCc2cccnc2N(C)S(C)(=O)=O)n1. The minimum atomic E-state index is -3.46. The normalized spacial score (nSPS) is 13.7. The maximum Gasteiger partial charge on any atom is 0.248 e. The molecule has 0 saturated heterocycles. The number of anilines is 4. The third-order valence-electron chi connectivity index (χ3n) is 6.24. The lowest BCUT2D eigenvalue weighted by atomic mass is 9.81. The van der Waals surface area contributed by atoms with Gasteiger partial charge in [-0.1, -0.05) is 18.6 Å². The molecule has 4 N–H and O–H groups in total. The molecule has 1 aliphatic rings. The first kappa shape index (κ1) is 24.4. The molecule has 1 aliphatic carbocycles. The Labute approximate surface area is 205 Å². The molecule has 0 radical (unpaired) electrons. The second kappa shape index (κ2) is 9.87. The predicted molar refractivity (Wildman–Crippen MR) is 136 cm³/mol. The van der Waals surface area contributed by atoms with Crippen molar-refractivity contribution in [2.45, 2.75) is 38.6 Å². The Hall–Kier alpha value is -3.73. The molecular weight excluding hydrogens is 466 g/mol. The van der Waals surface area contributed by atoms with Crippen molar-refractivity contribution >= 4 is 39.2 Å². The highest BCUT2D eigenvalue weighted by Crippen LogP contribution is 2.39. The van der Waals surface area contributed by atoms with E-state index < -0.39 is 15.9 Å². The van der Waals surface area contributed by atoms with Gasteiger partial charge >= 0.3 is 0 Å². The van der Waals surface area contributed by atoms with Crippen LogP contribution in [0, 0.1) is 6.92 Å². The van der Waals surface area contributed by atoms with Gasteiger partial charge in [-0.25, -0.2) is 18.4 Å². The molecule has 0 unspecified atom stereocenters. The monoisotopic (exact) mass is 495 g/mol. The van der Waals surface area contributed by atoms with Gasteiger partial charge < -0.3 is 16.4 Å². The smallest absolute Gasteiger partial charge is 0.248 e. The summed E-state index contributed by atoms with van der Waals surface area (Å²) in [6.07, 6.45) is 7.83. The number of hydrogen-bond donors (Lipinski definition) is 3. The molecule has 35 heavy (non-hydrogen) atoms. The van der Waals surface area contributed by atoms with E-state index in [1.165, 1.54) is 7.05 Å². The first-order valence-corrected chi connectivity index (χ1v) is 13.1. The number of nitrogens with one attached hydrogen (secondary N) is 2. The highest BCUT2D eigenvalue weighted by molar-refractivity contribution is 7.92. The van der Waals surface area contributed by atoms with E-state index in [4.69, 9.17) is 10.7 Å². The molecule has 1 aromatic carbocycles. The summed E-state index contributed by atoms with van der Waals surface area (Å²) in [5, 5.41) is 6.56. The Kier molecular flexibility index (Phi) is 6.88. The Morgan fingerprint density at radius 3 is 2.66 bits per heavy atom. The van der Waals surface area contributed by atoms with Gasteiger partial charge in [-0.05, 0) is 49.4 Å². The zero-order valence-electron chi connectivity index (χ0n) is 19.9. The van der Waals surface area contributed by atoms with Gasteiger partial charge in [-0.3, -0.25) is 9.10 Å². The van der Waals surface area contributed by atoms with Gasteiger partial charge in [0.1, 0.15) is 11.6 Å². The average Bonchev–Trinajstić information content (AvgIpc) is 2.78. The summed E-state index contributed by atoms with van der Waals surface area (Å²) in [5.41, 5.74) is 9.16. The number of pyridine rings is 1. The number of primary amides is 1. The standard InChI is InChI=1S/C24H29N7O3S/c1-15-9-10-17(21(25)32)12-20(15)29-24-28-14-19(16-6-4-7-16)22(30-24)27-13-18-8-5-11-26-23(18)31(2)35(3,33)34/h5,8-12,14,16H,4,6-7,13H2,1-3H3,(H2,25,32)(H2,27,28,29,30). The van der Waals surface area contributed by atoms with Crippen LogP contribution in [0.3, 0.4) is 0 Å². The molecule has 4 rings (SSSR count). The Morgan fingerprint density at radius 2 is 2.00 bits per heavy atom. The highest BCUT2D eigenvalue weighted by atomic mass is 32.2. The fourth-order valence-electron chi connectivity index (χ4n) is 3.83. The van der Waals surface area contributed by atoms with Crippen molar-refractivity contribution in [1.82, 2.24) is 15.0 Å². The third-order valence-corrected chi connectivity index (χ3v) is 7.41. The lowest BCUT2D eigenvalue weighted by Crippen LogP contribution is -2.27. The number of amides is 1. The summed E-state index contributed by atoms with van der Waals surface area (Å²) in [6.45, 7) is 2.24. The zero-order chi connectivity index (χ0) is 25.2. The van der Waals surface area contributed by atoms with Crippen LogP contribution in [0.15, 0.2) is 42.7 Å². The summed E-state index contributed by atoms with van der Waals surface area (Å²) in [4.78, 5) is 25.1. The Morgan fingerprint density at radius 1 is 1.23 bits per heavy atom. The summed E-state index contributed by atoms with van der Waals surface area (Å²) < 4.78 is 25.3. The van der Waals surface area contributed by atoms with Gasteiger partial charge in [-0.2, -0.15) is 4.98 Å². The molecule has 0 bridgehead atoms. The summed E-state index contributed by atoms with van der Waals surface area (Å²) in [5.74, 6) is 1.27. The van der Waals surface area contributed by atoms with Crippen molar-refractivity contribution in [1.29, 1.82) is 0 Å². The zero-order valence-corrected chi connectivity index (χ0v) is 20.8. The van der Waals surface area contributed by atoms with Gasteiger partial charge in [-0.15, -0.1) is 0 Å². The number of sulfonamides is 1. The van der Waals surface area contributed by atoms with Crippen molar-refractivity contribution in [2.75, 3.05) is 28.2 Å². The van der Waals surface area contributed by atoms with E-state index >= 15 is 0 Å². The van der Waals surface area contributed by atoms with E-state index in [0.717, 1.165) is 46.5 Å². The van der Waals surface area contributed by atoms with Crippen LogP contribution in [0.2, 0.25) is 0 Å². The molecule has 3 aromatic rings. The molecule has 1 amide bonds. The molecule has 2 aromatic heterocycles. The minimum absolute atomic E-state index is 0.329. The first-order chi connectivity index (χ1) is 16.6. The lowest BCUT2D eigenvalue weighted by Gasteiger charge is -2.27. The van der Waals surface area contributed by atoms with Gasteiger partial charge in [0.05, 0.1) is 6.26 Å². The van der Waals surface area contributed by atoms with Crippen LogP contribution in [-0.2, 0) is 16.6 Å². The fourth-order valence-corrected chi connectivity index (χ4v) is 4.31. The van der Waals surface area contributed by atoms with Crippen molar-refractivity contribution in [2.24, 2.45) is 5.73 Å². The van der Waals surface area contributed by atoms with Crippen molar-refractivity contribution in [3.8, 4) is 0 Å². The molecule has 184 valence electrons. The van der Waals surface area contributed by atoms with Crippen LogP contribution < -0.4 is 20.7 Å². The van der Waals surface area contributed by atoms with Crippen LogP contribution in [-0.4, -0.2) is 42.6 Å². The van der Waals surface area contributed by atoms with Crippen molar-refractivity contribution in [3.63, 3.8) is 0 Å². The maximum absolute atomic E-state index is 12.1. The highest BCUT2D eigenvalue weighted by Gasteiger charge is 2.24. The average molecular weight is 496 g/mol. The molecule has 1 fully saturated rings. The van der Waals surface area contributed by atoms with Crippen molar-refractivity contribution < 1.29 is 13.2 Å². The number of benzene rings is 1. The van der Waals surface area contributed by atoms with E-state index in [9.17, 15) is 13.2 Å². The minimum Gasteiger partial charge on any atom is -0.366 e. The second-order valence-corrected chi connectivity index (χ2v) is 10.7. The summed E-state index contributed by atoms with van der Waals surface area (Å²) in [6, 6.07) is 8.77. The van der Waals surface area contributed by atoms with Crippen LogP contribution >= 0.6 is 0 Å². The van der Waals surface area contributed by atoms with E-state index in [1.807, 2.05) is 25.3 Å². The van der Waals surface area contributed by atoms with Gasteiger partial charge in [0.15, 0.2) is 0 Å². The van der Waals surface area contributed by atoms with E-state index in [-0.39, 0.29) is 0 Å². The molecule has 0 spiro atoms. The van der Waals surface area contributed by atoms with Gasteiger partial charge in [0.25, 0.3) is 0 Å². The van der Waals surface area contributed by atoms with Crippen LogP contribution in [0.25, 0.3) is 0 Å². The Bertz CT molecular complexity index is 1360. The van der Waals surface area contributed by atoms with E-state index in [1.54, 1.807) is 24.4 Å². The molecule has 0 aliphatic heterocycles. The second-order valence-electron chi connectivity index (χ2n) is 8.71. The fraction of sp³-hybridized carbons (Fsp3) is 0.333. The van der Waals surface area contributed by atoms with Crippen LogP contribution in [0.1, 0.15) is 52.2 Å². The number of aromatic nitrogens is 3. The van der Waals surface area contributed by atoms with Crippen molar-refractivity contribution in [3.05, 3.63) is 65.0 Å². The number of aryl methyl sites for hydroxylation is 1. The van der Waals surface area contributed by atoms with Gasteiger partial charge in [0.2, 0.25) is 21.9 Å².